The molecule has 0 aliphatic carbocycles. The molecule has 0 aliphatic rings. The van der Waals surface area contributed by atoms with Crippen LogP contribution in [0.1, 0.15) is 30.2 Å². The third-order valence-electron chi connectivity index (χ3n) is 4.31. The molecule has 0 saturated heterocycles. The van der Waals surface area contributed by atoms with Gasteiger partial charge in [-0.15, -0.1) is 0 Å². The summed E-state index contributed by atoms with van der Waals surface area (Å²) in [5.74, 6) is 1.66. The number of ether oxygens (including phenoxy) is 2. The van der Waals surface area contributed by atoms with Crippen LogP contribution in [0.25, 0.3) is 16.8 Å². The van der Waals surface area contributed by atoms with Crippen molar-refractivity contribution < 1.29 is 9.47 Å². The smallest absolute Gasteiger partial charge is 0.145 e. The molecule has 3 rings (SSSR count). The lowest BCUT2D eigenvalue weighted by molar-refractivity contribution is 0.396. The first-order valence-electron chi connectivity index (χ1n) is 8.29. The molecule has 3 aromatic rings. The van der Waals surface area contributed by atoms with E-state index in [0.717, 1.165) is 52.4 Å². The van der Waals surface area contributed by atoms with Crippen molar-refractivity contribution in [2.45, 2.75) is 33.6 Å². The number of hydrogen-bond acceptors (Lipinski definition) is 3. The first-order chi connectivity index (χ1) is 11.6. The van der Waals surface area contributed by atoms with Crippen LogP contribution in [-0.4, -0.2) is 23.6 Å². The predicted molar refractivity (Wildman–Crippen MR) is 97.2 cm³/mol. The summed E-state index contributed by atoms with van der Waals surface area (Å²) in [7, 11) is 3.42. The van der Waals surface area contributed by atoms with Gasteiger partial charge in [-0.1, -0.05) is 13.3 Å². The summed E-state index contributed by atoms with van der Waals surface area (Å²) in [6.45, 7) is 6.27. The molecule has 0 atom stereocenters. The highest BCUT2D eigenvalue weighted by Crippen LogP contribution is 2.43. The molecular formula is C20H24N2O2. The number of imidazole rings is 1. The number of hydrogen-bond donors (Lipinski definition) is 0. The maximum absolute atomic E-state index is 5.72. The third-order valence-corrected chi connectivity index (χ3v) is 4.31. The normalized spacial score (nSPS) is 11.0. The van der Waals surface area contributed by atoms with E-state index in [4.69, 9.17) is 14.5 Å². The van der Waals surface area contributed by atoms with Crippen LogP contribution in [0.2, 0.25) is 0 Å². The van der Waals surface area contributed by atoms with E-state index in [1.807, 2.05) is 19.3 Å². The summed E-state index contributed by atoms with van der Waals surface area (Å²) in [4.78, 5) is 4.71. The second kappa shape index (κ2) is 6.56. The van der Waals surface area contributed by atoms with Crippen LogP contribution >= 0.6 is 0 Å². The average Bonchev–Trinajstić information content (AvgIpc) is 2.95. The predicted octanol–water partition coefficient (Wildman–Crippen LogP) is 4.59. The Morgan fingerprint density at radius 3 is 2.29 bits per heavy atom. The number of aryl methyl sites for hydroxylation is 3. The van der Waals surface area contributed by atoms with Gasteiger partial charge >= 0.3 is 0 Å². The summed E-state index contributed by atoms with van der Waals surface area (Å²) in [5, 5.41) is 0. The van der Waals surface area contributed by atoms with Gasteiger partial charge < -0.3 is 13.9 Å². The second-order valence-electron chi connectivity index (χ2n) is 6.11. The van der Waals surface area contributed by atoms with Gasteiger partial charge in [0.15, 0.2) is 0 Å². The van der Waals surface area contributed by atoms with Crippen molar-refractivity contribution in [3.8, 4) is 22.6 Å². The number of aromatic nitrogens is 2. The minimum absolute atomic E-state index is 0.828. The van der Waals surface area contributed by atoms with E-state index >= 15 is 0 Å². The minimum atomic E-state index is 0.828. The highest BCUT2D eigenvalue weighted by Gasteiger charge is 2.20. The average molecular weight is 324 g/mol. The molecule has 0 unspecified atom stereocenters. The summed E-state index contributed by atoms with van der Waals surface area (Å²) in [6.07, 6.45) is 6.15. The molecule has 4 heteroatoms. The fourth-order valence-corrected chi connectivity index (χ4v) is 3.22. The van der Waals surface area contributed by atoms with Crippen molar-refractivity contribution >= 4 is 5.65 Å². The van der Waals surface area contributed by atoms with Gasteiger partial charge in [0.05, 0.1) is 25.5 Å². The molecule has 0 spiro atoms. The molecule has 0 bridgehead atoms. The molecule has 0 aliphatic heterocycles. The van der Waals surface area contributed by atoms with Gasteiger partial charge in [-0.25, -0.2) is 4.98 Å². The van der Waals surface area contributed by atoms with Gasteiger partial charge in [0.2, 0.25) is 0 Å². The fourth-order valence-electron chi connectivity index (χ4n) is 3.22. The molecule has 2 aromatic heterocycles. The third kappa shape index (κ3) is 2.73. The molecule has 0 N–H and O–H groups in total. The van der Waals surface area contributed by atoms with Crippen molar-refractivity contribution in [3.05, 3.63) is 47.4 Å². The Kier molecular flexibility index (Phi) is 4.47. The standard InChI is InChI=1S/C20H24N2O2/c1-6-7-15-10-16(23-4)19(17(11-15)24-5)18-13(2)8-9-22-12-14(3)21-20(18)22/h8-12H,6-7H2,1-5H3. The zero-order valence-corrected chi connectivity index (χ0v) is 15.0. The van der Waals surface area contributed by atoms with Crippen LogP contribution in [0.3, 0.4) is 0 Å². The van der Waals surface area contributed by atoms with Crippen molar-refractivity contribution in [2.75, 3.05) is 14.2 Å². The minimum Gasteiger partial charge on any atom is -0.496 e. The van der Waals surface area contributed by atoms with Crippen LogP contribution in [0.5, 0.6) is 11.5 Å². The zero-order chi connectivity index (χ0) is 17.3. The Labute approximate surface area is 143 Å². The molecule has 24 heavy (non-hydrogen) atoms. The summed E-state index contributed by atoms with van der Waals surface area (Å²) < 4.78 is 13.5. The van der Waals surface area contributed by atoms with Gasteiger partial charge in [0.1, 0.15) is 17.1 Å². The first kappa shape index (κ1) is 16.4. The maximum Gasteiger partial charge on any atom is 0.145 e. The van der Waals surface area contributed by atoms with E-state index in [0.29, 0.717) is 0 Å². The summed E-state index contributed by atoms with van der Waals surface area (Å²) in [5.41, 5.74) is 6.30. The Morgan fingerprint density at radius 2 is 1.71 bits per heavy atom. The molecular weight excluding hydrogens is 300 g/mol. The topological polar surface area (TPSA) is 35.8 Å². The highest BCUT2D eigenvalue weighted by atomic mass is 16.5. The molecule has 0 saturated carbocycles. The monoisotopic (exact) mass is 324 g/mol. The molecule has 126 valence electrons. The zero-order valence-electron chi connectivity index (χ0n) is 15.0. The summed E-state index contributed by atoms with van der Waals surface area (Å²) >= 11 is 0. The maximum atomic E-state index is 5.72. The van der Waals surface area contributed by atoms with Gasteiger partial charge in [-0.3, -0.25) is 0 Å². The van der Waals surface area contributed by atoms with Gasteiger partial charge in [0.25, 0.3) is 0 Å². The number of nitrogens with zero attached hydrogens (tertiary/aromatic N) is 2. The van der Waals surface area contributed by atoms with Crippen LogP contribution < -0.4 is 9.47 Å². The van der Waals surface area contributed by atoms with E-state index in [1.54, 1.807) is 14.2 Å². The Balaban J connectivity index is 2.35. The van der Waals surface area contributed by atoms with Crippen molar-refractivity contribution in [3.63, 3.8) is 0 Å². The molecule has 2 heterocycles. The fraction of sp³-hybridized carbons (Fsp3) is 0.350. The number of methoxy groups -OCH3 is 2. The molecule has 0 radical (unpaired) electrons. The van der Waals surface area contributed by atoms with Crippen molar-refractivity contribution in [1.82, 2.24) is 9.38 Å². The van der Waals surface area contributed by atoms with Crippen LogP contribution in [0, 0.1) is 13.8 Å². The number of benzene rings is 1. The van der Waals surface area contributed by atoms with Crippen LogP contribution in [0.15, 0.2) is 30.6 Å². The second-order valence-corrected chi connectivity index (χ2v) is 6.11. The van der Waals surface area contributed by atoms with E-state index in [-0.39, 0.29) is 0 Å². The molecule has 1 aromatic carbocycles. The first-order valence-corrected chi connectivity index (χ1v) is 8.29. The van der Waals surface area contributed by atoms with Crippen LogP contribution in [-0.2, 0) is 6.42 Å². The van der Waals surface area contributed by atoms with E-state index in [1.165, 1.54) is 5.56 Å². The molecule has 0 amide bonds. The SMILES string of the molecule is CCCc1cc(OC)c(-c2c(C)ccn3cc(C)nc23)c(OC)c1. The lowest BCUT2D eigenvalue weighted by Gasteiger charge is -2.17. The lowest BCUT2D eigenvalue weighted by Crippen LogP contribution is -1.99. The Hall–Kier alpha value is -2.49. The number of fused-ring (bicyclic) bond motifs is 1. The van der Waals surface area contributed by atoms with Gasteiger partial charge in [0, 0.05) is 18.0 Å². The van der Waals surface area contributed by atoms with Crippen LogP contribution in [0.4, 0.5) is 0 Å². The Morgan fingerprint density at radius 1 is 1.04 bits per heavy atom. The Bertz CT molecular complexity index is 856. The summed E-state index contributed by atoms with van der Waals surface area (Å²) in [6, 6.07) is 6.32. The van der Waals surface area contributed by atoms with Gasteiger partial charge in [-0.05, 0) is 49.6 Å². The molecule has 4 nitrogen and oxygen atoms in total. The largest absolute Gasteiger partial charge is 0.496 e. The van der Waals surface area contributed by atoms with Crippen molar-refractivity contribution in [2.24, 2.45) is 0 Å². The highest BCUT2D eigenvalue weighted by molar-refractivity contribution is 5.88. The number of rotatable bonds is 5. The van der Waals surface area contributed by atoms with E-state index < -0.39 is 0 Å². The van der Waals surface area contributed by atoms with E-state index in [9.17, 15) is 0 Å². The quantitative estimate of drug-likeness (QED) is 0.689. The molecule has 0 fully saturated rings. The van der Waals surface area contributed by atoms with Gasteiger partial charge in [-0.2, -0.15) is 0 Å². The lowest BCUT2D eigenvalue weighted by atomic mass is 9.97. The van der Waals surface area contributed by atoms with Crippen molar-refractivity contribution in [1.29, 1.82) is 0 Å². The van der Waals surface area contributed by atoms with E-state index in [2.05, 4.69) is 36.4 Å². The number of pyridine rings is 1.